The largest absolute Gasteiger partial charge is 0.392 e. The Balaban J connectivity index is 1.81. The molecule has 1 aliphatic heterocycles. The number of aliphatic hydroxyl groups is 1. The van der Waals surface area contributed by atoms with E-state index in [-0.39, 0.29) is 6.10 Å². The standard InChI is InChI=1S/C7H12O2/c8-7(5-1-2-5)6-3-9-4-6/h5-8H,1-4H2. The SMILES string of the molecule is OC(C1CC1)C1COC1. The van der Waals surface area contributed by atoms with Gasteiger partial charge in [0.1, 0.15) is 0 Å². The Bertz CT molecular complexity index is 105. The van der Waals surface area contributed by atoms with Crippen LogP contribution in [0.15, 0.2) is 0 Å². The van der Waals surface area contributed by atoms with Crippen LogP contribution >= 0.6 is 0 Å². The van der Waals surface area contributed by atoms with Crippen LogP contribution in [-0.2, 0) is 4.74 Å². The van der Waals surface area contributed by atoms with Gasteiger partial charge in [-0.05, 0) is 18.8 Å². The van der Waals surface area contributed by atoms with E-state index in [2.05, 4.69) is 0 Å². The van der Waals surface area contributed by atoms with E-state index in [1.165, 1.54) is 12.8 Å². The molecular weight excluding hydrogens is 116 g/mol. The molecule has 0 aromatic carbocycles. The van der Waals surface area contributed by atoms with Crippen LogP contribution in [0.1, 0.15) is 12.8 Å². The Morgan fingerprint density at radius 1 is 1.22 bits per heavy atom. The van der Waals surface area contributed by atoms with Crippen molar-refractivity contribution in [1.29, 1.82) is 0 Å². The summed E-state index contributed by atoms with van der Waals surface area (Å²) in [6, 6.07) is 0. The molecule has 1 unspecified atom stereocenters. The van der Waals surface area contributed by atoms with Gasteiger partial charge in [-0.1, -0.05) is 0 Å². The monoisotopic (exact) mass is 128 g/mol. The van der Waals surface area contributed by atoms with E-state index in [1.807, 2.05) is 0 Å². The van der Waals surface area contributed by atoms with Crippen LogP contribution in [0.3, 0.4) is 0 Å². The highest BCUT2D eigenvalue weighted by molar-refractivity contribution is 4.87. The van der Waals surface area contributed by atoms with Gasteiger partial charge in [0.2, 0.25) is 0 Å². The van der Waals surface area contributed by atoms with Crippen molar-refractivity contribution >= 4 is 0 Å². The molecule has 1 heterocycles. The Morgan fingerprint density at radius 2 is 1.89 bits per heavy atom. The van der Waals surface area contributed by atoms with Gasteiger partial charge in [-0.2, -0.15) is 0 Å². The van der Waals surface area contributed by atoms with Gasteiger partial charge in [0.05, 0.1) is 19.3 Å². The van der Waals surface area contributed by atoms with Gasteiger partial charge in [0.15, 0.2) is 0 Å². The summed E-state index contributed by atoms with van der Waals surface area (Å²) in [6.45, 7) is 1.58. The van der Waals surface area contributed by atoms with E-state index in [0.717, 1.165) is 13.2 Å². The first-order chi connectivity index (χ1) is 4.38. The number of ether oxygens (including phenoxy) is 1. The Hall–Kier alpha value is -0.0800. The quantitative estimate of drug-likeness (QED) is 0.583. The molecule has 2 nitrogen and oxygen atoms in total. The summed E-state index contributed by atoms with van der Waals surface area (Å²) in [5.41, 5.74) is 0. The fourth-order valence-corrected chi connectivity index (χ4v) is 1.27. The number of rotatable bonds is 2. The zero-order chi connectivity index (χ0) is 6.27. The van der Waals surface area contributed by atoms with Crippen LogP contribution in [-0.4, -0.2) is 24.4 Å². The third-order valence-electron chi connectivity index (χ3n) is 2.25. The highest BCUT2D eigenvalue weighted by atomic mass is 16.5. The lowest BCUT2D eigenvalue weighted by molar-refractivity contribution is -0.0969. The average Bonchev–Trinajstić information content (AvgIpc) is 2.37. The van der Waals surface area contributed by atoms with E-state index in [1.54, 1.807) is 0 Å². The summed E-state index contributed by atoms with van der Waals surface area (Å²) in [7, 11) is 0. The normalized spacial score (nSPS) is 31.7. The summed E-state index contributed by atoms with van der Waals surface area (Å²) in [5.74, 6) is 1.09. The topological polar surface area (TPSA) is 29.5 Å². The average molecular weight is 128 g/mol. The molecule has 9 heavy (non-hydrogen) atoms. The summed E-state index contributed by atoms with van der Waals surface area (Å²) in [5, 5.41) is 9.43. The predicted octanol–water partition coefficient (Wildman–Crippen LogP) is 0.404. The lowest BCUT2D eigenvalue weighted by atomic mass is 9.97. The molecule has 1 aliphatic carbocycles. The highest BCUT2D eigenvalue weighted by Crippen LogP contribution is 2.37. The first kappa shape index (κ1) is 5.69. The molecule has 52 valence electrons. The van der Waals surface area contributed by atoms with Gasteiger partial charge in [-0.3, -0.25) is 0 Å². The maximum atomic E-state index is 9.43. The molecule has 0 aromatic heterocycles. The Morgan fingerprint density at radius 3 is 2.22 bits per heavy atom. The summed E-state index contributed by atoms with van der Waals surface area (Å²) in [4.78, 5) is 0. The van der Waals surface area contributed by atoms with Crippen LogP contribution in [0.5, 0.6) is 0 Å². The third kappa shape index (κ3) is 0.970. The summed E-state index contributed by atoms with van der Waals surface area (Å²) in [6.07, 6.45) is 2.42. The van der Waals surface area contributed by atoms with E-state index in [0.29, 0.717) is 11.8 Å². The van der Waals surface area contributed by atoms with Crippen LogP contribution in [0.4, 0.5) is 0 Å². The van der Waals surface area contributed by atoms with Crippen molar-refractivity contribution in [3.63, 3.8) is 0 Å². The van der Waals surface area contributed by atoms with Gasteiger partial charge in [-0.25, -0.2) is 0 Å². The maximum absolute atomic E-state index is 9.43. The van der Waals surface area contributed by atoms with Gasteiger partial charge < -0.3 is 9.84 Å². The fraction of sp³-hybridized carbons (Fsp3) is 1.00. The molecule has 1 atom stereocenters. The van der Waals surface area contributed by atoms with Crippen molar-refractivity contribution in [2.24, 2.45) is 11.8 Å². The molecule has 1 saturated carbocycles. The van der Waals surface area contributed by atoms with E-state index < -0.39 is 0 Å². The molecule has 2 heteroatoms. The van der Waals surface area contributed by atoms with Gasteiger partial charge in [-0.15, -0.1) is 0 Å². The number of hydrogen-bond donors (Lipinski definition) is 1. The van der Waals surface area contributed by atoms with E-state index in [4.69, 9.17) is 4.74 Å². The van der Waals surface area contributed by atoms with Crippen LogP contribution in [0, 0.1) is 11.8 Å². The molecule has 0 amide bonds. The number of aliphatic hydroxyl groups excluding tert-OH is 1. The molecule has 0 radical (unpaired) electrons. The molecule has 0 spiro atoms. The molecule has 2 fully saturated rings. The lowest BCUT2D eigenvalue weighted by Gasteiger charge is -2.30. The molecule has 1 N–H and O–H groups in total. The van der Waals surface area contributed by atoms with Crippen molar-refractivity contribution < 1.29 is 9.84 Å². The Labute approximate surface area is 54.8 Å². The minimum atomic E-state index is -0.0428. The van der Waals surface area contributed by atoms with Gasteiger partial charge >= 0.3 is 0 Å². The van der Waals surface area contributed by atoms with Gasteiger partial charge in [0, 0.05) is 5.92 Å². The fourth-order valence-electron chi connectivity index (χ4n) is 1.27. The predicted molar refractivity (Wildman–Crippen MR) is 33.0 cm³/mol. The summed E-state index contributed by atoms with van der Waals surface area (Å²) < 4.78 is 4.97. The smallest absolute Gasteiger partial charge is 0.0640 e. The second kappa shape index (κ2) is 1.96. The second-order valence-corrected chi connectivity index (χ2v) is 3.13. The molecule has 2 rings (SSSR count). The van der Waals surface area contributed by atoms with E-state index in [9.17, 15) is 5.11 Å². The maximum Gasteiger partial charge on any atom is 0.0640 e. The van der Waals surface area contributed by atoms with Crippen molar-refractivity contribution in [2.75, 3.05) is 13.2 Å². The van der Waals surface area contributed by atoms with Crippen LogP contribution < -0.4 is 0 Å². The minimum absolute atomic E-state index is 0.0428. The first-order valence-corrected chi connectivity index (χ1v) is 3.64. The second-order valence-electron chi connectivity index (χ2n) is 3.13. The van der Waals surface area contributed by atoms with E-state index >= 15 is 0 Å². The number of hydrogen-bond acceptors (Lipinski definition) is 2. The zero-order valence-corrected chi connectivity index (χ0v) is 5.42. The minimum Gasteiger partial charge on any atom is -0.392 e. The van der Waals surface area contributed by atoms with Gasteiger partial charge in [0.25, 0.3) is 0 Å². The zero-order valence-electron chi connectivity index (χ0n) is 5.42. The van der Waals surface area contributed by atoms with Crippen molar-refractivity contribution in [1.82, 2.24) is 0 Å². The first-order valence-electron chi connectivity index (χ1n) is 3.64. The third-order valence-corrected chi connectivity index (χ3v) is 2.25. The summed E-state index contributed by atoms with van der Waals surface area (Å²) >= 11 is 0. The molecule has 1 saturated heterocycles. The van der Waals surface area contributed by atoms with Crippen molar-refractivity contribution in [2.45, 2.75) is 18.9 Å². The lowest BCUT2D eigenvalue weighted by Crippen LogP contribution is -2.38. The molecule has 0 aromatic rings. The van der Waals surface area contributed by atoms with Crippen LogP contribution in [0.2, 0.25) is 0 Å². The molecular formula is C7H12O2. The Kier molecular flexibility index (Phi) is 1.24. The molecule has 2 aliphatic rings. The van der Waals surface area contributed by atoms with Crippen LogP contribution in [0.25, 0.3) is 0 Å². The van der Waals surface area contributed by atoms with Crippen molar-refractivity contribution in [3.8, 4) is 0 Å². The molecule has 0 bridgehead atoms. The highest BCUT2D eigenvalue weighted by Gasteiger charge is 2.38. The van der Waals surface area contributed by atoms with Crippen molar-refractivity contribution in [3.05, 3.63) is 0 Å².